The van der Waals surface area contributed by atoms with Crippen LogP contribution in [0.15, 0.2) is 59.5 Å². The highest BCUT2D eigenvalue weighted by atomic mass is 19.1. The van der Waals surface area contributed by atoms with E-state index < -0.39 is 5.82 Å². The van der Waals surface area contributed by atoms with Gasteiger partial charge in [0.15, 0.2) is 11.5 Å². The fraction of sp³-hybridized carbons (Fsp3) is 0.150. The molecule has 0 radical (unpaired) electrons. The molecular weight excluding hydrogens is 392 g/mol. The van der Waals surface area contributed by atoms with Gasteiger partial charge in [-0.05, 0) is 19.1 Å². The Kier molecular flexibility index (Phi) is 6.07. The van der Waals surface area contributed by atoms with E-state index in [0.717, 1.165) is 6.20 Å². The molecule has 3 rings (SSSR count). The van der Waals surface area contributed by atoms with Gasteiger partial charge in [0.2, 0.25) is 0 Å². The number of nitrogens with two attached hydrogens (primary N) is 2. The van der Waals surface area contributed by atoms with Crippen molar-refractivity contribution in [2.75, 3.05) is 7.11 Å². The maximum absolute atomic E-state index is 14.1. The fourth-order valence-electron chi connectivity index (χ4n) is 2.84. The lowest BCUT2D eigenvalue weighted by atomic mass is 10.2. The van der Waals surface area contributed by atoms with E-state index in [0.29, 0.717) is 22.3 Å². The van der Waals surface area contributed by atoms with Crippen molar-refractivity contribution in [2.24, 2.45) is 16.5 Å². The van der Waals surface area contributed by atoms with Crippen molar-refractivity contribution in [1.82, 2.24) is 20.2 Å². The minimum Gasteiger partial charge on any atom is -0.400 e. The van der Waals surface area contributed by atoms with Crippen molar-refractivity contribution in [3.8, 4) is 0 Å². The average Bonchev–Trinajstić information content (AvgIpc) is 3.05. The van der Waals surface area contributed by atoms with Crippen LogP contribution in [0.1, 0.15) is 18.2 Å². The van der Waals surface area contributed by atoms with E-state index in [4.69, 9.17) is 16.3 Å². The van der Waals surface area contributed by atoms with Crippen molar-refractivity contribution in [2.45, 2.75) is 13.5 Å². The Balaban J connectivity index is 2.07. The third-order valence-corrected chi connectivity index (χ3v) is 4.21. The predicted molar refractivity (Wildman–Crippen MR) is 111 cm³/mol. The number of hydroxylamine groups is 1. The summed E-state index contributed by atoms with van der Waals surface area (Å²) in [4.78, 5) is 13.2. The molecule has 0 spiro atoms. The van der Waals surface area contributed by atoms with Gasteiger partial charge in [0.25, 0.3) is 0 Å². The number of aromatic nitrogens is 3. The summed E-state index contributed by atoms with van der Waals surface area (Å²) in [7, 11) is 1.40. The number of pyridine rings is 1. The molecular formula is C20H21F2N7O. The van der Waals surface area contributed by atoms with Crippen LogP contribution in [0.5, 0.6) is 0 Å². The molecule has 0 aliphatic rings. The van der Waals surface area contributed by atoms with Crippen LogP contribution >= 0.6 is 0 Å². The Morgan fingerprint density at radius 3 is 2.70 bits per heavy atom. The lowest BCUT2D eigenvalue weighted by molar-refractivity contribution is 0.122. The lowest BCUT2D eigenvalue weighted by Crippen LogP contribution is -2.29. The van der Waals surface area contributed by atoms with Gasteiger partial charge in [-0.1, -0.05) is 24.8 Å². The Morgan fingerprint density at radius 2 is 2.03 bits per heavy atom. The highest BCUT2D eigenvalue weighted by Gasteiger charge is 2.17. The molecule has 0 saturated heterocycles. The van der Waals surface area contributed by atoms with E-state index in [1.54, 1.807) is 25.1 Å². The van der Waals surface area contributed by atoms with Crippen molar-refractivity contribution >= 4 is 22.6 Å². The van der Waals surface area contributed by atoms with Gasteiger partial charge in [-0.3, -0.25) is 10.3 Å². The summed E-state index contributed by atoms with van der Waals surface area (Å²) in [6.45, 7) is 5.59. The van der Waals surface area contributed by atoms with Gasteiger partial charge in [0.05, 0.1) is 30.9 Å². The molecule has 5 N–H and O–H groups in total. The maximum Gasteiger partial charge on any atom is 0.158 e. The smallest absolute Gasteiger partial charge is 0.158 e. The SMILES string of the molecule is C=C(N=C(N)/C(NOC)=C(\C)N)c1nn(Cc2ccccc2F)c2ncc(F)cc12. The summed E-state index contributed by atoms with van der Waals surface area (Å²) < 4.78 is 29.4. The largest absolute Gasteiger partial charge is 0.400 e. The van der Waals surface area contributed by atoms with Gasteiger partial charge in [-0.15, -0.1) is 0 Å². The molecule has 0 aliphatic carbocycles. The molecule has 0 amide bonds. The molecule has 2 aromatic heterocycles. The first-order valence-electron chi connectivity index (χ1n) is 8.86. The number of nitrogens with zero attached hydrogens (tertiary/aromatic N) is 4. The van der Waals surface area contributed by atoms with Gasteiger partial charge >= 0.3 is 0 Å². The molecule has 8 nitrogen and oxygen atoms in total. The van der Waals surface area contributed by atoms with Crippen LogP contribution in [0.3, 0.4) is 0 Å². The second-order valence-electron chi connectivity index (χ2n) is 6.43. The average molecular weight is 413 g/mol. The molecule has 0 unspecified atom stereocenters. The normalized spacial score (nSPS) is 12.7. The van der Waals surface area contributed by atoms with E-state index >= 15 is 0 Å². The number of halogens is 2. The number of aliphatic imine (C=N–C) groups is 1. The molecule has 3 aromatic rings. The molecule has 0 aliphatic heterocycles. The standard InChI is InChI=1S/C20H21F2N7O/c1-11(23)17(28-30-3)19(24)26-12(2)18-15-8-14(21)9-25-20(15)29(27-18)10-13-6-4-5-7-16(13)22/h4-9,28H,2,10,23H2,1,3H3,(H2,24,26)/b17-11-. The summed E-state index contributed by atoms with van der Waals surface area (Å²) in [5, 5.41) is 4.79. The number of benzene rings is 1. The topological polar surface area (TPSA) is 116 Å². The van der Waals surface area contributed by atoms with Crippen LogP contribution in [0, 0.1) is 11.6 Å². The number of hydrogen-bond donors (Lipinski definition) is 3. The lowest BCUT2D eigenvalue weighted by Gasteiger charge is -2.10. The van der Waals surface area contributed by atoms with Crippen molar-refractivity contribution in [3.63, 3.8) is 0 Å². The molecule has 0 atom stereocenters. The molecule has 30 heavy (non-hydrogen) atoms. The summed E-state index contributed by atoms with van der Waals surface area (Å²) in [5.74, 6) is -0.939. The zero-order valence-corrected chi connectivity index (χ0v) is 16.5. The van der Waals surface area contributed by atoms with Gasteiger partial charge in [-0.25, -0.2) is 23.4 Å². The third-order valence-electron chi connectivity index (χ3n) is 4.21. The van der Waals surface area contributed by atoms with Crippen molar-refractivity contribution in [3.05, 3.63) is 77.4 Å². The summed E-state index contributed by atoms with van der Waals surface area (Å²) in [6, 6.07) is 7.56. The number of allylic oxidation sites excluding steroid dienone is 1. The van der Waals surface area contributed by atoms with Crippen LogP contribution in [0.4, 0.5) is 8.78 Å². The molecule has 0 bridgehead atoms. The highest BCUT2D eigenvalue weighted by molar-refractivity contribution is 6.01. The second kappa shape index (κ2) is 8.70. The van der Waals surface area contributed by atoms with Crippen LogP contribution in [-0.2, 0) is 11.4 Å². The van der Waals surface area contributed by atoms with Crippen LogP contribution in [0.25, 0.3) is 16.7 Å². The van der Waals surface area contributed by atoms with Crippen molar-refractivity contribution < 1.29 is 13.6 Å². The number of nitrogens with one attached hydrogen (secondary N) is 1. The third kappa shape index (κ3) is 4.28. The second-order valence-corrected chi connectivity index (χ2v) is 6.43. The minimum atomic E-state index is -0.557. The first kappa shape index (κ1) is 20.9. The Morgan fingerprint density at radius 1 is 1.30 bits per heavy atom. The zero-order valence-electron chi connectivity index (χ0n) is 16.5. The predicted octanol–water partition coefficient (Wildman–Crippen LogP) is 2.43. The van der Waals surface area contributed by atoms with E-state index in [9.17, 15) is 8.78 Å². The van der Waals surface area contributed by atoms with Gasteiger partial charge in [0, 0.05) is 11.3 Å². The fourth-order valence-corrected chi connectivity index (χ4v) is 2.84. The minimum absolute atomic E-state index is 0.00279. The first-order chi connectivity index (χ1) is 14.3. The summed E-state index contributed by atoms with van der Waals surface area (Å²) >= 11 is 0. The Hall–Kier alpha value is -3.79. The molecule has 10 heteroatoms. The molecule has 2 heterocycles. The molecule has 0 saturated carbocycles. The molecule has 156 valence electrons. The Bertz CT molecular complexity index is 1160. The number of hydrogen-bond acceptors (Lipinski definition) is 6. The van der Waals surface area contributed by atoms with E-state index in [2.05, 4.69) is 27.1 Å². The van der Waals surface area contributed by atoms with Gasteiger partial charge in [0.1, 0.15) is 23.0 Å². The summed E-state index contributed by atoms with van der Waals surface area (Å²) in [6.07, 6.45) is 1.06. The molecule has 0 fully saturated rings. The van der Waals surface area contributed by atoms with Crippen molar-refractivity contribution in [1.29, 1.82) is 0 Å². The van der Waals surface area contributed by atoms with Crippen LogP contribution in [-0.4, -0.2) is 27.7 Å². The van der Waals surface area contributed by atoms with E-state index in [-0.39, 0.29) is 35.3 Å². The molecule has 1 aromatic carbocycles. The van der Waals surface area contributed by atoms with Gasteiger partial charge in [-0.2, -0.15) is 5.10 Å². The monoisotopic (exact) mass is 413 g/mol. The van der Waals surface area contributed by atoms with E-state index in [1.165, 1.54) is 23.9 Å². The zero-order chi connectivity index (χ0) is 21.8. The van der Waals surface area contributed by atoms with Crippen LogP contribution in [0.2, 0.25) is 0 Å². The Labute approximate surface area is 171 Å². The maximum atomic E-state index is 14.1. The number of rotatable bonds is 7. The number of amidine groups is 1. The summed E-state index contributed by atoms with van der Waals surface area (Å²) in [5.41, 5.74) is 16.1. The highest BCUT2D eigenvalue weighted by Crippen LogP contribution is 2.25. The number of fused-ring (bicyclic) bond motifs is 1. The van der Waals surface area contributed by atoms with Crippen LogP contribution < -0.4 is 16.9 Å². The van der Waals surface area contributed by atoms with Gasteiger partial charge < -0.3 is 11.5 Å². The van der Waals surface area contributed by atoms with E-state index in [1.807, 2.05) is 0 Å². The quantitative estimate of drug-likeness (QED) is 0.311. The first-order valence-corrected chi connectivity index (χ1v) is 8.86.